The van der Waals surface area contributed by atoms with Crippen LogP contribution in [0.25, 0.3) is 0 Å². The summed E-state index contributed by atoms with van der Waals surface area (Å²) in [6.45, 7) is -0.0535. The molecule has 0 aromatic rings. The number of hydrogen-bond donors (Lipinski definition) is 1. The van der Waals surface area contributed by atoms with E-state index in [0.717, 1.165) is 56.3 Å². The molecule has 0 aromatic carbocycles. The maximum atomic E-state index is 12.0. The number of Topliss-reactive ketones (excluding diaryl/α,β-unsaturated/α-hetero) is 1. The summed E-state index contributed by atoms with van der Waals surface area (Å²) in [6, 6.07) is 0. The molecule has 0 aliphatic carbocycles. The molecule has 1 rings (SSSR count). The largest absolute Gasteiger partial charge is 0.471 e. The Balaban J connectivity index is 1.88. The quantitative estimate of drug-likeness (QED) is 0.354. The number of alkyl halides is 3. The van der Waals surface area contributed by atoms with Gasteiger partial charge in [0.1, 0.15) is 0 Å². The lowest BCUT2D eigenvalue weighted by Gasteiger charge is -2.12. The van der Waals surface area contributed by atoms with Crippen molar-refractivity contribution < 1.29 is 32.3 Å². The molecule has 28 heavy (non-hydrogen) atoms. The third-order valence-electron chi connectivity index (χ3n) is 4.66. The Kier molecular flexibility index (Phi) is 10.8. The number of likely N-dealkylation sites (tertiary alicyclic amines) is 1. The second-order valence-electron chi connectivity index (χ2n) is 7.10. The predicted octanol–water partition coefficient (Wildman–Crippen LogP) is 3.28. The van der Waals surface area contributed by atoms with E-state index in [1.165, 1.54) is 0 Å². The number of unbranched alkanes of at least 4 members (excludes halogenated alkanes) is 8. The summed E-state index contributed by atoms with van der Waals surface area (Å²) < 4.78 is 35.9. The fraction of sp³-hybridized carbons (Fsp3) is 0.789. The van der Waals surface area contributed by atoms with Crippen LogP contribution in [0.1, 0.15) is 77.0 Å². The van der Waals surface area contributed by atoms with Gasteiger partial charge in [0.25, 0.3) is 0 Å². The number of ketones is 1. The number of imide groups is 1. The predicted molar refractivity (Wildman–Crippen MR) is 96.2 cm³/mol. The number of carbonyl (C=O) groups is 4. The van der Waals surface area contributed by atoms with E-state index in [1.54, 1.807) is 0 Å². The van der Waals surface area contributed by atoms with Crippen LogP contribution in [0.2, 0.25) is 0 Å². The zero-order valence-corrected chi connectivity index (χ0v) is 16.1. The number of amides is 3. The summed E-state index contributed by atoms with van der Waals surface area (Å²) in [7, 11) is 0. The van der Waals surface area contributed by atoms with Gasteiger partial charge in [-0.25, -0.2) is 0 Å². The van der Waals surface area contributed by atoms with Crippen molar-refractivity contribution in [1.29, 1.82) is 0 Å². The first kappa shape index (κ1) is 24.1. The van der Waals surface area contributed by atoms with Crippen molar-refractivity contribution >= 4 is 23.5 Å². The lowest BCUT2D eigenvalue weighted by molar-refractivity contribution is -0.173. The summed E-state index contributed by atoms with van der Waals surface area (Å²) in [5.41, 5.74) is 0. The molecule has 3 amide bonds. The lowest BCUT2D eigenvalue weighted by Crippen LogP contribution is -2.37. The number of hydrogen-bond acceptors (Lipinski definition) is 4. The van der Waals surface area contributed by atoms with Gasteiger partial charge in [-0.05, 0) is 12.8 Å². The average molecular weight is 406 g/mol. The van der Waals surface area contributed by atoms with Crippen LogP contribution in [0.5, 0.6) is 0 Å². The Morgan fingerprint density at radius 2 is 1.29 bits per heavy atom. The molecule has 0 bridgehead atoms. The minimum atomic E-state index is -4.81. The van der Waals surface area contributed by atoms with E-state index in [9.17, 15) is 32.3 Å². The molecular weight excluding hydrogens is 377 g/mol. The number of halogens is 3. The van der Waals surface area contributed by atoms with Crippen molar-refractivity contribution in [3.8, 4) is 0 Å². The Morgan fingerprint density at radius 1 is 0.821 bits per heavy atom. The van der Waals surface area contributed by atoms with E-state index >= 15 is 0 Å². The highest BCUT2D eigenvalue weighted by Gasteiger charge is 2.38. The molecule has 1 N–H and O–H groups in total. The maximum absolute atomic E-state index is 12.0. The Labute approximate surface area is 163 Å². The monoisotopic (exact) mass is 406 g/mol. The smallest absolute Gasteiger partial charge is 0.348 e. The molecule has 1 fully saturated rings. The lowest BCUT2D eigenvalue weighted by atomic mass is 10.1. The van der Waals surface area contributed by atoms with Gasteiger partial charge in [0, 0.05) is 25.8 Å². The van der Waals surface area contributed by atoms with Crippen LogP contribution in [0.4, 0.5) is 13.2 Å². The first-order chi connectivity index (χ1) is 13.2. The van der Waals surface area contributed by atoms with E-state index < -0.39 is 12.1 Å². The molecule has 1 aliphatic heterocycles. The van der Waals surface area contributed by atoms with Crippen molar-refractivity contribution in [2.24, 2.45) is 0 Å². The number of rotatable bonds is 14. The first-order valence-corrected chi connectivity index (χ1v) is 9.91. The third kappa shape index (κ3) is 9.85. The molecule has 1 saturated heterocycles. The van der Waals surface area contributed by atoms with Crippen LogP contribution in [0.15, 0.2) is 0 Å². The Morgan fingerprint density at radius 3 is 1.79 bits per heavy atom. The second kappa shape index (κ2) is 12.5. The zero-order valence-electron chi connectivity index (χ0n) is 16.1. The van der Waals surface area contributed by atoms with Crippen LogP contribution in [-0.2, 0) is 19.2 Å². The fourth-order valence-electron chi connectivity index (χ4n) is 3.04. The highest BCUT2D eigenvalue weighted by Crippen LogP contribution is 2.15. The van der Waals surface area contributed by atoms with Crippen molar-refractivity contribution in [3.63, 3.8) is 0 Å². The molecule has 0 saturated carbocycles. The van der Waals surface area contributed by atoms with Crippen LogP contribution in [0, 0.1) is 0 Å². The molecule has 0 spiro atoms. The van der Waals surface area contributed by atoms with E-state index in [2.05, 4.69) is 0 Å². The highest BCUT2D eigenvalue weighted by atomic mass is 19.4. The molecule has 1 heterocycles. The van der Waals surface area contributed by atoms with Crippen LogP contribution >= 0.6 is 0 Å². The van der Waals surface area contributed by atoms with Crippen molar-refractivity contribution in [1.82, 2.24) is 10.2 Å². The molecule has 6 nitrogen and oxygen atoms in total. The molecule has 0 atom stereocenters. The van der Waals surface area contributed by atoms with Gasteiger partial charge >= 0.3 is 12.1 Å². The normalized spacial score (nSPS) is 14.6. The van der Waals surface area contributed by atoms with Gasteiger partial charge < -0.3 is 5.32 Å². The zero-order chi connectivity index (χ0) is 21.0. The van der Waals surface area contributed by atoms with Gasteiger partial charge in [0.2, 0.25) is 11.8 Å². The first-order valence-electron chi connectivity index (χ1n) is 9.91. The standard InChI is InChI=1S/C19H29F3N2O4/c20-19(21,22)18(28)23-13-9-7-5-3-1-2-4-6-8-10-15(25)14-24-16(26)11-12-17(24)27/h1-14H2,(H,23,28). The van der Waals surface area contributed by atoms with E-state index in [0.29, 0.717) is 12.8 Å². The van der Waals surface area contributed by atoms with Crippen LogP contribution in [0.3, 0.4) is 0 Å². The summed E-state index contributed by atoms with van der Waals surface area (Å²) in [4.78, 5) is 46.3. The minimum Gasteiger partial charge on any atom is -0.348 e. The Hall–Kier alpha value is -1.93. The molecule has 160 valence electrons. The van der Waals surface area contributed by atoms with Gasteiger partial charge in [0.15, 0.2) is 5.78 Å². The van der Waals surface area contributed by atoms with E-state index in [1.807, 2.05) is 5.32 Å². The molecule has 0 radical (unpaired) electrons. The maximum Gasteiger partial charge on any atom is 0.471 e. The molecule has 0 unspecified atom stereocenters. The van der Waals surface area contributed by atoms with Crippen molar-refractivity contribution in [2.75, 3.05) is 13.1 Å². The summed E-state index contributed by atoms with van der Waals surface area (Å²) in [5.74, 6) is -2.49. The van der Waals surface area contributed by atoms with Gasteiger partial charge in [-0.2, -0.15) is 13.2 Å². The topological polar surface area (TPSA) is 83.6 Å². The highest BCUT2D eigenvalue weighted by molar-refractivity contribution is 6.04. The molecule has 0 aromatic heterocycles. The SMILES string of the molecule is O=C(CCCCCCCCCCCNC(=O)C(F)(F)F)CN1C(=O)CCC1=O. The van der Waals surface area contributed by atoms with Crippen LogP contribution in [-0.4, -0.2) is 47.7 Å². The third-order valence-corrected chi connectivity index (χ3v) is 4.66. The van der Waals surface area contributed by atoms with Crippen molar-refractivity contribution in [3.05, 3.63) is 0 Å². The fourth-order valence-corrected chi connectivity index (χ4v) is 3.04. The van der Waals surface area contributed by atoms with E-state index in [-0.39, 0.29) is 43.5 Å². The van der Waals surface area contributed by atoms with Gasteiger partial charge in [-0.15, -0.1) is 0 Å². The van der Waals surface area contributed by atoms with Crippen molar-refractivity contribution in [2.45, 2.75) is 83.2 Å². The van der Waals surface area contributed by atoms with E-state index in [4.69, 9.17) is 0 Å². The molecule has 1 aliphatic rings. The Bertz CT molecular complexity index is 534. The van der Waals surface area contributed by atoms with Gasteiger partial charge in [-0.3, -0.25) is 24.1 Å². The number of carbonyl (C=O) groups excluding carboxylic acids is 4. The summed E-state index contributed by atoms with van der Waals surface area (Å²) >= 11 is 0. The number of nitrogens with zero attached hydrogens (tertiary/aromatic N) is 1. The average Bonchev–Trinajstić information content (AvgIpc) is 2.93. The molecule has 9 heteroatoms. The van der Waals surface area contributed by atoms with Gasteiger partial charge in [-0.1, -0.05) is 44.9 Å². The second-order valence-corrected chi connectivity index (χ2v) is 7.10. The van der Waals surface area contributed by atoms with Gasteiger partial charge in [0.05, 0.1) is 6.54 Å². The minimum absolute atomic E-state index is 0.0427. The summed E-state index contributed by atoms with van der Waals surface area (Å²) in [5, 5.41) is 1.85. The molecular formula is C19H29F3N2O4. The summed E-state index contributed by atoms with van der Waals surface area (Å²) in [6.07, 6.45) is 3.90. The number of nitrogens with one attached hydrogen (secondary N) is 1. The van der Waals surface area contributed by atoms with Crippen LogP contribution < -0.4 is 5.32 Å².